The van der Waals surface area contributed by atoms with Gasteiger partial charge in [0.2, 0.25) is 5.13 Å². The Kier molecular flexibility index (Phi) is 10.5. The highest BCUT2D eigenvalue weighted by molar-refractivity contribution is 14.0. The van der Waals surface area contributed by atoms with E-state index in [0.29, 0.717) is 13.2 Å². The molecule has 2 rings (SSSR count). The van der Waals surface area contributed by atoms with Crippen LogP contribution < -0.4 is 10.2 Å². The van der Waals surface area contributed by atoms with Crippen molar-refractivity contribution in [3.8, 4) is 0 Å². The zero-order chi connectivity index (χ0) is 16.5. The van der Waals surface area contributed by atoms with E-state index < -0.39 is 0 Å². The third-order valence-corrected chi connectivity index (χ3v) is 4.47. The van der Waals surface area contributed by atoms with Crippen molar-refractivity contribution in [1.82, 2.24) is 19.6 Å². The van der Waals surface area contributed by atoms with Crippen molar-refractivity contribution >= 4 is 46.6 Å². The van der Waals surface area contributed by atoms with E-state index in [2.05, 4.69) is 43.3 Å². The van der Waals surface area contributed by atoms with Gasteiger partial charge >= 0.3 is 0 Å². The van der Waals surface area contributed by atoms with Crippen LogP contribution in [0, 0.1) is 0 Å². The van der Waals surface area contributed by atoms with Gasteiger partial charge in [0, 0.05) is 57.3 Å². The first-order chi connectivity index (χ1) is 11.3. The van der Waals surface area contributed by atoms with Gasteiger partial charge in [0.15, 0.2) is 5.96 Å². The highest BCUT2D eigenvalue weighted by Gasteiger charge is 2.21. The molecule has 2 heterocycles. The van der Waals surface area contributed by atoms with Crippen molar-refractivity contribution in [3.63, 3.8) is 0 Å². The maximum Gasteiger partial charge on any atom is 0.205 e. The Balaban J connectivity index is 0.00000288. The number of halogens is 1. The molecule has 0 radical (unpaired) electrons. The van der Waals surface area contributed by atoms with E-state index >= 15 is 0 Å². The summed E-state index contributed by atoms with van der Waals surface area (Å²) in [4.78, 5) is 13.9. The van der Waals surface area contributed by atoms with Crippen LogP contribution in [0.4, 0.5) is 5.13 Å². The third kappa shape index (κ3) is 6.32. The molecule has 1 aromatic rings. The largest absolute Gasteiger partial charge is 0.380 e. The maximum absolute atomic E-state index is 5.36. The van der Waals surface area contributed by atoms with Gasteiger partial charge in [-0.3, -0.25) is 4.99 Å². The van der Waals surface area contributed by atoms with Crippen LogP contribution >= 0.6 is 35.5 Å². The van der Waals surface area contributed by atoms with Crippen LogP contribution in [0.2, 0.25) is 0 Å². The minimum Gasteiger partial charge on any atom is -0.380 e. The van der Waals surface area contributed by atoms with Gasteiger partial charge in [-0.05, 0) is 13.8 Å². The summed E-state index contributed by atoms with van der Waals surface area (Å²) in [5.41, 5.74) is 0. The first-order valence-electron chi connectivity index (χ1n) is 8.47. The van der Waals surface area contributed by atoms with Gasteiger partial charge in [-0.25, -0.2) is 4.98 Å². The molecule has 0 atom stereocenters. The van der Waals surface area contributed by atoms with E-state index in [-0.39, 0.29) is 24.0 Å². The van der Waals surface area contributed by atoms with Gasteiger partial charge in [-0.1, -0.05) is 6.92 Å². The summed E-state index contributed by atoms with van der Waals surface area (Å²) >= 11 is 1.50. The van der Waals surface area contributed by atoms with Crippen molar-refractivity contribution in [3.05, 3.63) is 5.82 Å². The molecule has 0 saturated carbocycles. The van der Waals surface area contributed by atoms with E-state index in [9.17, 15) is 0 Å². The number of piperazine rings is 1. The summed E-state index contributed by atoms with van der Waals surface area (Å²) in [5, 5.41) is 4.42. The summed E-state index contributed by atoms with van der Waals surface area (Å²) < 4.78 is 9.74. The van der Waals surface area contributed by atoms with Gasteiger partial charge in [0.1, 0.15) is 5.82 Å². The van der Waals surface area contributed by atoms with Crippen LogP contribution in [0.15, 0.2) is 4.99 Å². The number of aryl methyl sites for hydroxylation is 1. The second kappa shape index (κ2) is 11.8. The number of guanidine groups is 1. The molecule has 1 saturated heterocycles. The molecule has 9 heteroatoms. The zero-order valence-electron chi connectivity index (χ0n) is 14.8. The predicted octanol–water partition coefficient (Wildman–Crippen LogP) is 1.84. The van der Waals surface area contributed by atoms with Gasteiger partial charge < -0.3 is 19.9 Å². The highest BCUT2D eigenvalue weighted by atomic mass is 127. The van der Waals surface area contributed by atoms with Crippen LogP contribution in [-0.2, 0) is 11.2 Å². The second-order valence-corrected chi connectivity index (χ2v) is 5.98. The lowest BCUT2D eigenvalue weighted by atomic mass is 10.3. The van der Waals surface area contributed by atoms with Crippen LogP contribution in [0.1, 0.15) is 26.6 Å². The first kappa shape index (κ1) is 21.4. The van der Waals surface area contributed by atoms with Gasteiger partial charge in [-0.2, -0.15) is 4.37 Å². The molecule has 7 nitrogen and oxygen atoms in total. The van der Waals surface area contributed by atoms with Crippen molar-refractivity contribution < 1.29 is 4.74 Å². The lowest BCUT2D eigenvalue weighted by Gasteiger charge is -2.36. The van der Waals surface area contributed by atoms with E-state index in [1.165, 1.54) is 11.5 Å². The lowest BCUT2D eigenvalue weighted by molar-refractivity contribution is 0.155. The summed E-state index contributed by atoms with van der Waals surface area (Å²) in [7, 11) is 0. The topological polar surface area (TPSA) is 65.9 Å². The monoisotopic (exact) mass is 468 g/mol. The molecule has 138 valence electrons. The molecule has 1 N–H and O–H groups in total. The van der Waals surface area contributed by atoms with Crippen LogP contribution in [-0.4, -0.2) is 72.7 Å². The molecule has 0 aliphatic carbocycles. The molecule has 1 aromatic heterocycles. The smallest absolute Gasteiger partial charge is 0.205 e. The zero-order valence-corrected chi connectivity index (χ0v) is 18.0. The fourth-order valence-electron chi connectivity index (χ4n) is 2.41. The molecule has 0 unspecified atom stereocenters. The minimum absolute atomic E-state index is 0. The first-order valence-corrected chi connectivity index (χ1v) is 9.24. The Morgan fingerprint density at radius 2 is 2.00 bits per heavy atom. The molecule has 1 aliphatic heterocycles. The van der Waals surface area contributed by atoms with Crippen molar-refractivity contribution in [1.29, 1.82) is 0 Å². The number of ether oxygens (including phenoxy) is 1. The van der Waals surface area contributed by atoms with E-state index in [4.69, 9.17) is 4.74 Å². The lowest BCUT2D eigenvalue weighted by Crippen LogP contribution is -2.52. The Labute approximate surface area is 166 Å². The summed E-state index contributed by atoms with van der Waals surface area (Å²) in [6.07, 6.45) is 0.896. The predicted molar refractivity (Wildman–Crippen MR) is 111 cm³/mol. The standard InChI is InChI=1S/C15H28N6OS.HI/c1-4-13-18-15(23-19-13)21-10-8-20(9-11-21)14(16-5-2)17-7-12-22-6-3;/h4-12H2,1-3H3,(H,16,17);1H. The Morgan fingerprint density at radius 3 is 2.58 bits per heavy atom. The molecule has 1 fully saturated rings. The van der Waals surface area contributed by atoms with Crippen LogP contribution in [0.3, 0.4) is 0 Å². The summed E-state index contributed by atoms with van der Waals surface area (Å²) in [6.45, 7) is 13.0. The van der Waals surface area contributed by atoms with Gasteiger partial charge in [0.25, 0.3) is 0 Å². The molecule has 0 bridgehead atoms. The van der Waals surface area contributed by atoms with Crippen LogP contribution in [0.5, 0.6) is 0 Å². The third-order valence-electron chi connectivity index (χ3n) is 3.66. The Hall–Kier alpha value is -0.680. The quantitative estimate of drug-likeness (QED) is 0.285. The highest BCUT2D eigenvalue weighted by Crippen LogP contribution is 2.19. The van der Waals surface area contributed by atoms with Crippen molar-refractivity contribution in [2.24, 2.45) is 4.99 Å². The number of nitrogens with one attached hydrogen (secondary N) is 1. The molecule has 0 spiro atoms. The normalized spacial score (nSPS) is 15.4. The number of nitrogens with zero attached hydrogens (tertiary/aromatic N) is 5. The van der Waals surface area contributed by atoms with Gasteiger partial charge in [-0.15, -0.1) is 24.0 Å². The number of hydrogen-bond acceptors (Lipinski definition) is 6. The van der Waals surface area contributed by atoms with E-state index in [1.807, 2.05) is 6.92 Å². The Morgan fingerprint density at radius 1 is 1.25 bits per heavy atom. The number of aromatic nitrogens is 2. The molecular weight excluding hydrogens is 439 g/mol. The average molecular weight is 468 g/mol. The number of rotatable bonds is 7. The maximum atomic E-state index is 5.36. The molecule has 24 heavy (non-hydrogen) atoms. The van der Waals surface area contributed by atoms with Crippen molar-refractivity contribution in [2.45, 2.75) is 27.2 Å². The van der Waals surface area contributed by atoms with Crippen LogP contribution in [0.25, 0.3) is 0 Å². The Bertz CT molecular complexity index is 490. The molecular formula is C15H29IN6OS. The number of aliphatic imine (C=N–C) groups is 1. The van der Waals surface area contributed by atoms with Gasteiger partial charge in [0.05, 0.1) is 13.2 Å². The number of anilines is 1. The second-order valence-electron chi connectivity index (χ2n) is 5.25. The summed E-state index contributed by atoms with van der Waals surface area (Å²) in [6, 6.07) is 0. The number of hydrogen-bond donors (Lipinski definition) is 1. The SMILES string of the molecule is CCNC(=NCCOCC)N1CCN(c2nc(CC)ns2)CC1.I. The summed E-state index contributed by atoms with van der Waals surface area (Å²) in [5.74, 6) is 1.93. The molecule has 1 aliphatic rings. The van der Waals surface area contributed by atoms with E-state index in [1.54, 1.807) is 0 Å². The van der Waals surface area contributed by atoms with E-state index in [0.717, 1.165) is 62.7 Å². The minimum atomic E-state index is 0. The molecule has 0 amide bonds. The fourth-order valence-corrected chi connectivity index (χ4v) is 3.21. The molecule has 0 aromatic carbocycles. The fraction of sp³-hybridized carbons (Fsp3) is 0.800. The average Bonchev–Trinajstić information content (AvgIpc) is 3.07. The van der Waals surface area contributed by atoms with Crippen molar-refractivity contribution in [2.75, 3.05) is 57.4 Å².